The minimum absolute atomic E-state index is 0.0628. The molecule has 164 valence electrons. The van der Waals surface area contributed by atoms with Crippen molar-refractivity contribution >= 4 is 45.5 Å². The van der Waals surface area contributed by atoms with E-state index < -0.39 is 0 Å². The van der Waals surface area contributed by atoms with Gasteiger partial charge in [-0.1, -0.05) is 41.9 Å². The Balaban J connectivity index is 1.27. The number of nitrogens with two attached hydrogens (primary N) is 1. The number of nitrogens with one attached hydrogen (secondary N) is 2. The molecular formula is C23H23ClN6OS. The number of carbonyl (C=O) groups is 1. The van der Waals surface area contributed by atoms with Crippen molar-refractivity contribution in [3.8, 4) is 0 Å². The summed E-state index contributed by atoms with van der Waals surface area (Å²) in [6.45, 7) is 0. The standard InChI is InChI=1S/C23H23ClN6OS/c24-18-11-26-23(30-20(18)17-9-8-13-4-1-2-7-16(13)17)28-15-6-3-5-14(10-15)27-21(31)19-12-32-22(25)29-19/h1-2,4,7,9,11-12,14-15H,3,5-6,8,10H2,(H2,25,29)(H,27,31)(H,26,28,30)/t14-,15+/m0/s1. The lowest BCUT2D eigenvalue weighted by Gasteiger charge is -2.30. The first-order chi connectivity index (χ1) is 15.6. The largest absolute Gasteiger partial charge is 0.375 e. The Morgan fingerprint density at radius 1 is 1.19 bits per heavy atom. The number of hydrogen-bond acceptors (Lipinski definition) is 7. The molecule has 2 aliphatic rings. The number of hydrogen-bond donors (Lipinski definition) is 3. The van der Waals surface area contributed by atoms with Gasteiger partial charge in [0.2, 0.25) is 5.95 Å². The first kappa shape index (κ1) is 20.9. The molecule has 4 N–H and O–H groups in total. The van der Waals surface area contributed by atoms with Crippen LogP contribution >= 0.6 is 22.9 Å². The first-order valence-corrected chi connectivity index (χ1v) is 11.9. The lowest BCUT2D eigenvalue weighted by atomic mass is 9.91. The number of carbonyl (C=O) groups excluding carboxylic acids is 1. The van der Waals surface area contributed by atoms with Crippen LogP contribution in [0.2, 0.25) is 5.02 Å². The zero-order valence-electron chi connectivity index (χ0n) is 17.3. The van der Waals surface area contributed by atoms with Gasteiger partial charge in [0, 0.05) is 23.0 Å². The highest BCUT2D eigenvalue weighted by molar-refractivity contribution is 7.13. The van der Waals surface area contributed by atoms with E-state index in [1.807, 2.05) is 12.1 Å². The molecule has 2 heterocycles. The predicted octanol–water partition coefficient (Wildman–Crippen LogP) is 4.31. The third kappa shape index (κ3) is 4.33. The third-order valence-electron chi connectivity index (χ3n) is 5.93. The molecule has 1 amide bonds. The molecular weight excluding hydrogens is 444 g/mol. The van der Waals surface area contributed by atoms with Crippen LogP contribution in [0.5, 0.6) is 0 Å². The van der Waals surface area contributed by atoms with E-state index in [9.17, 15) is 4.79 Å². The molecule has 1 saturated carbocycles. The van der Waals surface area contributed by atoms with Gasteiger partial charge in [0.1, 0.15) is 5.69 Å². The van der Waals surface area contributed by atoms with Crippen LogP contribution in [0.25, 0.3) is 5.57 Å². The molecule has 7 nitrogen and oxygen atoms in total. The third-order valence-corrected chi connectivity index (χ3v) is 6.88. The maximum atomic E-state index is 12.4. The summed E-state index contributed by atoms with van der Waals surface area (Å²) in [5, 5.41) is 9.15. The number of fused-ring (bicyclic) bond motifs is 1. The molecule has 32 heavy (non-hydrogen) atoms. The van der Waals surface area contributed by atoms with Gasteiger partial charge < -0.3 is 16.4 Å². The summed E-state index contributed by atoms with van der Waals surface area (Å²) in [5.41, 5.74) is 10.3. The Morgan fingerprint density at radius 2 is 2.03 bits per heavy atom. The summed E-state index contributed by atoms with van der Waals surface area (Å²) in [7, 11) is 0. The SMILES string of the molecule is Nc1nc(C(=O)N[C@H]2CCC[C@@H](Nc3ncc(Cl)c(C4=CCc5ccccc54)n3)C2)cs1. The van der Waals surface area contributed by atoms with Gasteiger partial charge >= 0.3 is 0 Å². The van der Waals surface area contributed by atoms with Crippen LogP contribution in [0.3, 0.4) is 0 Å². The van der Waals surface area contributed by atoms with Crippen molar-refractivity contribution in [3.63, 3.8) is 0 Å². The Hall–Kier alpha value is -2.97. The topological polar surface area (TPSA) is 106 Å². The van der Waals surface area contributed by atoms with Crippen molar-refractivity contribution in [1.82, 2.24) is 20.3 Å². The second-order valence-corrected chi connectivity index (χ2v) is 9.42. The normalized spacial score (nSPS) is 19.8. The van der Waals surface area contributed by atoms with Gasteiger partial charge in [0.25, 0.3) is 5.91 Å². The number of allylic oxidation sites excluding steroid dienone is 1. The number of rotatable bonds is 5. The van der Waals surface area contributed by atoms with E-state index in [1.165, 1.54) is 22.5 Å². The molecule has 0 spiro atoms. The van der Waals surface area contributed by atoms with Crippen LogP contribution in [-0.2, 0) is 6.42 Å². The Labute approximate surface area is 195 Å². The zero-order chi connectivity index (χ0) is 22.1. The smallest absolute Gasteiger partial charge is 0.271 e. The number of nitrogens with zero attached hydrogens (tertiary/aromatic N) is 3. The lowest BCUT2D eigenvalue weighted by Crippen LogP contribution is -2.42. The van der Waals surface area contributed by atoms with Gasteiger partial charge in [-0.3, -0.25) is 4.79 Å². The minimum atomic E-state index is -0.180. The van der Waals surface area contributed by atoms with E-state index in [0.29, 0.717) is 21.8 Å². The molecule has 0 bridgehead atoms. The van der Waals surface area contributed by atoms with Crippen molar-refractivity contribution in [2.75, 3.05) is 11.1 Å². The maximum absolute atomic E-state index is 12.4. The van der Waals surface area contributed by atoms with Gasteiger partial charge in [-0.2, -0.15) is 0 Å². The number of halogens is 1. The number of thiazole rings is 1. The molecule has 0 unspecified atom stereocenters. The molecule has 0 aliphatic heterocycles. The van der Waals surface area contributed by atoms with E-state index in [0.717, 1.165) is 43.4 Å². The number of anilines is 2. The first-order valence-electron chi connectivity index (χ1n) is 10.7. The quantitative estimate of drug-likeness (QED) is 0.517. The fourth-order valence-electron chi connectivity index (χ4n) is 4.42. The summed E-state index contributed by atoms with van der Waals surface area (Å²) in [4.78, 5) is 25.7. The molecule has 2 aliphatic carbocycles. The molecule has 3 aromatic rings. The maximum Gasteiger partial charge on any atom is 0.271 e. The summed E-state index contributed by atoms with van der Waals surface area (Å²) in [6, 6.07) is 8.53. The predicted molar refractivity (Wildman–Crippen MR) is 128 cm³/mol. The van der Waals surface area contributed by atoms with Crippen molar-refractivity contribution in [3.05, 3.63) is 69.5 Å². The van der Waals surface area contributed by atoms with Crippen LogP contribution in [0, 0.1) is 0 Å². The second kappa shape index (κ2) is 8.88. The Kier molecular flexibility index (Phi) is 5.80. The highest BCUT2D eigenvalue weighted by atomic mass is 35.5. The number of benzene rings is 1. The van der Waals surface area contributed by atoms with Crippen LogP contribution in [0.4, 0.5) is 11.1 Å². The van der Waals surface area contributed by atoms with Crippen molar-refractivity contribution in [2.45, 2.75) is 44.2 Å². The van der Waals surface area contributed by atoms with E-state index in [2.05, 4.69) is 38.8 Å². The molecule has 1 aromatic carbocycles. The summed E-state index contributed by atoms with van der Waals surface area (Å²) in [5.74, 6) is 0.374. The van der Waals surface area contributed by atoms with Gasteiger partial charge in [-0.05, 0) is 43.2 Å². The molecule has 1 fully saturated rings. The van der Waals surface area contributed by atoms with E-state index in [1.54, 1.807) is 11.6 Å². The van der Waals surface area contributed by atoms with Crippen molar-refractivity contribution < 1.29 is 4.79 Å². The number of amides is 1. The van der Waals surface area contributed by atoms with Gasteiger partial charge in [0.15, 0.2) is 5.13 Å². The Morgan fingerprint density at radius 3 is 2.88 bits per heavy atom. The van der Waals surface area contributed by atoms with Crippen LogP contribution in [0.15, 0.2) is 41.9 Å². The molecule has 5 rings (SSSR count). The molecule has 9 heteroatoms. The van der Waals surface area contributed by atoms with Crippen LogP contribution in [-0.4, -0.2) is 32.9 Å². The summed E-state index contributed by atoms with van der Waals surface area (Å²) >= 11 is 7.74. The fraction of sp³-hybridized carbons (Fsp3) is 0.304. The van der Waals surface area contributed by atoms with Crippen LogP contribution < -0.4 is 16.4 Å². The highest BCUT2D eigenvalue weighted by Gasteiger charge is 2.26. The van der Waals surface area contributed by atoms with Crippen LogP contribution in [0.1, 0.15) is 53.0 Å². The van der Waals surface area contributed by atoms with Gasteiger partial charge in [-0.25, -0.2) is 15.0 Å². The fourth-order valence-corrected chi connectivity index (χ4v) is 5.15. The van der Waals surface area contributed by atoms with Gasteiger partial charge in [-0.15, -0.1) is 11.3 Å². The van der Waals surface area contributed by atoms with E-state index in [4.69, 9.17) is 22.3 Å². The molecule has 0 radical (unpaired) electrons. The minimum Gasteiger partial charge on any atom is -0.375 e. The lowest BCUT2D eigenvalue weighted by molar-refractivity contribution is 0.0922. The zero-order valence-corrected chi connectivity index (χ0v) is 18.9. The summed E-state index contributed by atoms with van der Waals surface area (Å²) < 4.78 is 0. The molecule has 2 aromatic heterocycles. The molecule has 0 saturated heterocycles. The molecule has 2 atom stereocenters. The monoisotopic (exact) mass is 466 g/mol. The van der Waals surface area contributed by atoms with Crippen molar-refractivity contribution in [2.24, 2.45) is 0 Å². The van der Waals surface area contributed by atoms with E-state index >= 15 is 0 Å². The van der Waals surface area contributed by atoms with E-state index in [-0.39, 0.29) is 18.0 Å². The second-order valence-electron chi connectivity index (χ2n) is 8.12. The van der Waals surface area contributed by atoms with Crippen molar-refractivity contribution in [1.29, 1.82) is 0 Å². The average molecular weight is 467 g/mol. The number of nitrogen functional groups attached to an aromatic ring is 1. The van der Waals surface area contributed by atoms with Gasteiger partial charge in [0.05, 0.1) is 16.9 Å². The average Bonchev–Trinajstić information content (AvgIpc) is 3.42. The number of aromatic nitrogens is 3. The highest BCUT2D eigenvalue weighted by Crippen LogP contribution is 2.35. The summed E-state index contributed by atoms with van der Waals surface area (Å²) in [6.07, 6.45) is 8.41. The Bertz CT molecular complexity index is 1190.